The Kier molecular flexibility index (Phi) is 15.5. The number of carbonyl (C=O) groups excluding carboxylic acids is 1. The van der Waals surface area contributed by atoms with Gasteiger partial charge in [0, 0.05) is 12.3 Å². The number of carbonyl (C=O) groups is 1. The average Bonchev–Trinajstić information content (AvgIpc) is 2.53. The van der Waals surface area contributed by atoms with Gasteiger partial charge in [-0.1, -0.05) is 84.5 Å². The van der Waals surface area contributed by atoms with Gasteiger partial charge < -0.3 is 0 Å². The molecule has 0 amide bonds. The lowest BCUT2D eigenvalue weighted by Gasteiger charge is -2.04. The molecule has 0 saturated carbocycles. The van der Waals surface area contributed by atoms with Crippen molar-refractivity contribution in [2.24, 2.45) is 5.92 Å². The van der Waals surface area contributed by atoms with Crippen LogP contribution in [0.4, 0.5) is 0 Å². The highest BCUT2D eigenvalue weighted by atomic mass is 32.3. The van der Waals surface area contributed by atoms with Crippen LogP contribution in [-0.4, -0.2) is 25.4 Å². The van der Waals surface area contributed by atoms with E-state index in [-0.39, 0.29) is 12.5 Å². The van der Waals surface area contributed by atoms with Crippen LogP contribution in [0.15, 0.2) is 0 Å². The molecule has 0 rings (SSSR count). The van der Waals surface area contributed by atoms with Crippen molar-refractivity contribution in [1.82, 2.24) is 0 Å². The molecule has 0 aromatic carbocycles. The average molecular weight is 379 g/mol. The number of hydrogen-bond acceptors (Lipinski definition) is 4. The molecule has 0 spiro atoms. The summed E-state index contributed by atoms with van der Waals surface area (Å²) < 4.78 is 33.3. The number of Topliss-reactive ketones (excluding diaryl/α,β-unsaturated/α-hetero) is 1. The smallest absolute Gasteiger partial charge is 0.299 e. The summed E-state index contributed by atoms with van der Waals surface area (Å²) in [6, 6.07) is 0. The Morgan fingerprint density at radius 1 is 0.760 bits per heavy atom. The topological polar surface area (TPSA) is 80.7 Å². The summed E-state index contributed by atoms with van der Waals surface area (Å²) in [6.45, 7) is 4.02. The van der Waals surface area contributed by atoms with Gasteiger partial charge >= 0.3 is 10.4 Å². The van der Waals surface area contributed by atoms with Gasteiger partial charge in [-0.15, -0.1) is 0 Å². The molecule has 0 aliphatic heterocycles. The normalized spacial score (nSPS) is 12.0. The first kappa shape index (κ1) is 24.5. The van der Waals surface area contributed by atoms with Crippen LogP contribution < -0.4 is 0 Å². The number of rotatable bonds is 18. The molecule has 0 saturated heterocycles. The summed E-state index contributed by atoms with van der Waals surface area (Å²) >= 11 is 0. The van der Waals surface area contributed by atoms with Crippen molar-refractivity contribution in [2.75, 3.05) is 6.61 Å². The second kappa shape index (κ2) is 15.8. The van der Waals surface area contributed by atoms with E-state index in [1.54, 1.807) is 0 Å². The summed E-state index contributed by atoms with van der Waals surface area (Å²) in [6.07, 6.45) is 15.8. The van der Waals surface area contributed by atoms with Crippen LogP contribution in [0.5, 0.6) is 0 Å². The van der Waals surface area contributed by atoms with Gasteiger partial charge in [-0.3, -0.25) is 9.35 Å². The second-order valence-electron chi connectivity index (χ2n) is 7.22. The molecule has 0 radical (unpaired) electrons. The summed E-state index contributed by atoms with van der Waals surface area (Å²) in [4.78, 5) is 11.5. The van der Waals surface area contributed by atoms with Crippen LogP contribution in [-0.2, 0) is 19.4 Å². The van der Waals surface area contributed by atoms with Gasteiger partial charge in [0.25, 0.3) is 0 Å². The summed E-state index contributed by atoms with van der Waals surface area (Å²) in [5, 5.41) is 0. The Morgan fingerprint density at radius 3 is 1.48 bits per heavy atom. The molecule has 0 unspecified atom stereocenters. The highest BCUT2D eigenvalue weighted by Gasteiger charge is 2.05. The predicted octanol–water partition coefficient (Wildman–Crippen LogP) is 5.49. The third-order valence-corrected chi connectivity index (χ3v) is 4.91. The zero-order chi connectivity index (χ0) is 19.0. The molecule has 25 heavy (non-hydrogen) atoms. The second-order valence-corrected chi connectivity index (χ2v) is 8.31. The molecular weight excluding hydrogens is 340 g/mol. The summed E-state index contributed by atoms with van der Waals surface area (Å²) in [5.74, 6) is 0.580. The minimum atomic E-state index is -4.26. The van der Waals surface area contributed by atoms with Gasteiger partial charge in [0.15, 0.2) is 0 Å². The first-order valence-electron chi connectivity index (χ1n) is 9.97. The number of unbranched alkanes of at least 4 members (excludes halogenated alkanes) is 12. The minimum Gasteiger partial charge on any atom is -0.299 e. The van der Waals surface area contributed by atoms with E-state index in [1.807, 2.05) is 13.8 Å². The summed E-state index contributed by atoms with van der Waals surface area (Å²) in [7, 11) is -4.26. The summed E-state index contributed by atoms with van der Waals surface area (Å²) in [5.41, 5.74) is 0. The van der Waals surface area contributed by atoms with Crippen LogP contribution in [0.3, 0.4) is 0 Å². The predicted molar refractivity (Wildman–Crippen MR) is 102 cm³/mol. The molecule has 5 nitrogen and oxygen atoms in total. The molecule has 150 valence electrons. The van der Waals surface area contributed by atoms with E-state index in [0.717, 1.165) is 25.7 Å². The zero-order valence-electron chi connectivity index (χ0n) is 16.2. The zero-order valence-corrected chi connectivity index (χ0v) is 17.0. The van der Waals surface area contributed by atoms with Crippen LogP contribution >= 0.6 is 0 Å². The van der Waals surface area contributed by atoms with Gasteiger partial charge in [0.1, 0.15) is 5.78 Å². The Hall–Kier alpha value is -0.460. The molecule has 0 aliphatic rings. The van der Waals surface area contributed by atoms with Gasteiger partial charge in [-0.25, -0.2) is 4.18 Å². The van der Waals surface area contributed by atoms with Crippen molar-refractivity contribution >= 4 is 16.2 Å². The van der Waals surface area contributed by atoms with Crippen molar-refractivity contribution < 1.29 is 21.9 Å². The van der Waals surface area contributed by atoms with Crippen LogP contribution in [0.2, 0.25) is 0 Å². The van der Waals surface area contributed by atoms with Gasteiger partial charge in [0.05, 0.1) is 6.61 Å². The molecule has 0 atom stereocenters. The minimum absolute atomic E-state index is 0.0739. The lowest BCUT2D eigenvalue weighted by atomic mass is 10.0. The van der Waals surface area contributed by atoms with Crippen LogP contribution in [0.25, 0.3) is 0 Å². The third-order valence-electron chi connectivity index (χ3n) is 4.44. The highest BCUT2D eigenvalue weighted by Crippen LogP contribution is 2.13. The highest BCUT2D eigenvalue weighted by molar-refractivity contribution is 7.80. The van der Waals surface area contributed by atoms with E-state index in [9.17, 15) is 13.2 Å². The standard InChI is InChI=1S/C19H38O5S/c1-18(2)19(20)16-14-12-10-8-6-4-3-5-7-9-11-13-15-17-24-25(21,22)23/h18H,3-17H2,1-2H3,(H,21,22,23). The third kappa shape index (κ3) is 19.7. The first-order valence-corrected chi connectivity index (χ1v) is 11.3. The van der Waals surface area contributed by atoms with Crippen molar-refractivity contribution in [3.63, 3.8) is 0 Å². The molecule has 0 aromatic rings. The van der Waals surface area contributed by atoms with Gasteiger partial charge in [-0.05, 0) is 12.8 Å². The number of hydrogen-bond donors (Lipinski definition) is 1. The lowest BCUT2D eigenvalue weighted by molar-refractivity contribution is -0.122. The van der Waals surface area contributed by atoms with Gasteiger partial charge in [-0.2, -0.15) is 8.42 Å². The largest absolute Gasteiger partial charge is 0.397 e. The maximum absolute atomic E-state index is 11.5. The molecule has 6 heteroatoms. The number of ketones is 1. The van der Waals surface area contributed by atoms with Crippen molar-refractivity contribution in [1.29, 1.82) is 0 Å². The first-order chi connectivity index (χ1) is 11.8. The molecule has 0 fully saturated rings. The van der Waals surface area contributed by atoms with E-state index in [4.69, 9.17) is 4.55 Å². The Bertz CT molecular complexity index is 418. The van der Waals surface area contributed by atoms with E-state index >= 15 is 0 Å². The lowest BCUT2D eigenvalue weighted by Crippen LogP contribution is -2.05. The molecule has 0 bridgehead atoms. The fourth-order valence-electron chi connectivity index (χ4n) is 2.80. The maximum Gasteiger partial charge on any atom is 0.397 e. The Balaban J connectivity index is 3.13. The van der Waals surface area contributed by atoms with Crippen molar-refractivity contribution in [3.05, 3.63) is 0 Å². The fourth-order valence-corrected chi connectivity index (χ4v) is 3.13. The van der Waals surface area contributed by atoms with E-state index in [0.29, 0.717) is 12.2 Å². The van der Waals surface area contributed by atoms with E-state index in [2.05, 4.69) is 4.18 Å². The van der Waals surface area contributed by atoms with E-state index < -0.39 is 10.4 Å². The molecule has 0 aromatic heterocycles. The maximum atomic E-state index is 11.5. The monoisotopic (exact) mass is 378 g/mol. The Morgan fingerprint density at radius 2 is 1.12 bits per heavy atom. The van der Waals surface area contributed by atoms with Crippen LogP contribution in [0, 0.1) is 5.92 Å². The van der Waals surface area contributed by atoms with Crippen molar-refractivity contribution in [3.8, 4) is 0 Å². The SMILES string of the molecule is CC(C)C(=O)CCCCCCCCCCCCCCCOS(=O)(=O)O. The fraction of sp³-hybridized carbons (Fsp3) is 0.947. The Labute approximate surface area is 154 Å². The molecule has 1 N–H and O–H groups in total. The quantitative estimate of drug-likeness (QED) is 0.252. The van der Waals surface area contributed by atoms with Crippen LogP contribution in [0.1, 0.15) is 104 Å². The molecular formula is C19H38O5S. The molecule has 0 aliphatic carbocycles. The van der Waals surface area contributed by atoms with Gasteiger partial charge in [0.2, 0.25) is 0 Å². The molecule has 0 heterocycles. The van der Waals surface area contributed by atoms with E-state index in [1.165, 1.54) is 57.8 Å². The van der Waals surface area contributed by atoms with Crippen molar-refractivity contribution in [2.45, 2.75) is 104 Å².